The standard InChI is InChI=1S/C8H17NO.C2H4.H2/c1-7-2-3-8(6-7)9-4-5-10;1-2;/h7-10H,2-6H2,1H3;1-2H2;1H. The molecular formula is C10H23NO. The van der Waals surface area contributed by atoms with Crippen LogP contribution in [0.1, 0.15) is 27.6 Å². The third-order valence-corrected chi connectivity index (χ3v) is 2.24. The van der Waals surface area contributed by atoms with Crippen LogP contribution in [0, 0.1) is 5.92 Å². The van der Waals surface area contributed by atoms with Crippen LogP contribution in [0.3, 0.4) is 0 Å². The number of hydrogen-bond donors (Lipinski definition) is 2. The van der Waals surface area contributed by atoms with Crippen molar-refractivity contribution in [2.45, 2.75) is 32.2 Å². The van der Waals surface area contributed by atoms with Gasteiger partial charge >= 0.3 is 0 Å². The maximum absolute atomic E-state index is 8.53. The summed E-state index contributed by atoms with van der Waals surface area (Å²) in [6.45, 7) is 9.32. The fraction of sp³-hybridized carbons (Fsp3) is 0.800. The Kier molecular flexibility index (Phi) is 7.11. The van der Waals surface area contributed by atoms with E-state index in [1.54, 1.807) is 0 Å². The van der Waals surface area contributed by atoms with Gasteiger partial charge in [-0.1, -0.05) is 6.92 Å². The Balaban J connectivity index is 0. The van der Waals surface area contributed by atoms with Crippen molar-refractivity contribution in [2.24, 2.45) is 5.92 Å². The maximum Gasteiger partial charge on any atom is 0.0556 e. The van der Waals surface area contributed by atoms with Crippen molar-refractivity contribution in [1.29, 1.82) is 0 Å². The highest BCUT2D eigenvalue weighted by atomic mass is 16.3. The van der Waals surface area contributed by atoms with Crippen LogP contribution in [-0.2, 0) is 0 Å². The van der Waals surface area contributed by atoms with Gasteiger partial charge in [0.2, 0.25) is 0 Å². The molecule has 0 heterocycles. The summed E-state index contributed by atoms with van der Waals surface area (Å²) in [5.74, 6) is 0.885. The summed E-state index contributed by atoms with van der Waals surface area (Å²) in [5, 5.41) is 11.8. The summed E-state index contributed by atoms with van der Waals surface area (Å²) in [6.07, 6.45) is 3.93. The molecule has 1 aliphatic carbocycles. The lowest BCUT2D eigenvalue weighted by molar-refractivity contribution is 0.283. The number of aliphatic hydroxyl groups excluding tert-OH is 1. The van der Waals surface area contributed by atoms with E-state index in [1.807, 2.05) is 0 Å². The molecule has 2 nitrogen and oxygen atoms in total. The molecule has 0 amide bonds. The summed E-state index contributed by atoms with van der Waals surface area (Å²) in [7, 11) is 0. The van der Waals surface area contributed by atoms with E-state index in [4.69, 9.17) is 5.11 Å². The van der Waals surface area contributed by atoms with Crippen LogP contribution in [0.15, 0.2) is 13.2 Å². The lowest BCUT2D eigenvalue weighted by Crippen LogP contribution is -2.28. The van der Waals surface area contributed by atoms with Crippen LogP contribution in [0.5, 0.6) is 0 Å². The highest BCUT2D eigenvalue weighted by Crippen LogP contribution is 2.24. The lowest BCUT2D eigenvalue weighted by atomic mass is 10.1. The third kappa shape index (κ3) is 4.52. The second kappa shape index (κ2) is 7.32. The molecular weight excluding hydrogens is 150 g/mol. The molecule has 0 bridgehead atoms. The minimum atomic E-state index is 0. The fourth-order valence-electron chi connectivity index (χ4n) is 1.66. The zero-order valence-corrected chi connectivity index (χ0v) is 8.05. The van der Waals surface area contributed by atoms with Gasteiger partial charge in [-0.25, -0.2) is 0 Å². The molecule has 12 heavy (non-hydrogen) atoms. The summed E-state index contributed by atoms with van der Waals surface area (Å²) >= 11 is 0. The molecule has 0 aromatic rings. The molecule has 1 fully saturated rings. The Labute approximate surface area is 77.2 Å². The molecule has 0 spiro atoms. The zero-order chi connectivity index (χ0) is 9.40. The largest absolute Gasteiger partial charge is 0.395 e. The Morgan fingerprint density at radius 1 is 1.50 bits per heavy atom. The van der Waals surface area contributed by atoms with Crippen LogP contribution in [0.4, 0.5) is 0 Å². The monoisotopic (exact) mass is 173 g/mol. The summed E-state index contributed by atoms with van der Waals surface area (Å²) in [4.78, 5) is 0. The second-order valence-corrected chi connectivity index (χ2v) is 3.29. The van der Waals surface area contributed by atoms with Gasteiger partial charge in [-0.3, -0.25) is 0 Å². The smallest absolute Gasteiger partial charge is 0.0556 e. The van der Waals surface area contributed by atoms with Gasteiger partial charge in [-0.15, -0.1) is 13.2 Å². The first-order valence-corrected chi connectivity index (χ1v) is 4.67. The third-order valence-electron chi connectivity index (χ3n) is 2.24. The molecule has 1 rings (SSSR count). The predicted molar refractivity (Wildman–Crippen MR) is 55.3 cm³/mol. The van der Waals surface area contributed by atoms with Crippen LogP contribution < -0.4 is 5.32 Å². The van der Waals surface area contributed by atoms with Crippen molar-refractivity contribution in [3.63, 3.8) is 0 Å². The van der Waals surface area contributed by atoms with Gasteiger partial charge in [0, 0.05) is 14.0 Å². The van der Waals surface area contributed by atoms with E-state index in [1.165, 1.54) is 19.3 Å². The highest BCUT2D eigenvalue weighted by molar-refractivity contribution is 4.77. The first kappa shape index (κ1) is 11.7. The normalized spacial score (nSPS) is 27.8. The fourth-order valence-corrected chi connectivity index (χ4v) is 1.66. The van der Waals surface area contributed by atoms with E-state index in [0.29, 0.717) is 6.04 Å². The Morgan fingerprint density at radius 2 is 2.17 bits per heavy atom. The van der Waals surface area contributed by atoms with E-state index < -0.39 is 0 Å². The van der Waals surface area contributed by atoms with Crippen molar-refractivity contribution >= 4 is 0 Å². The highest BCUT2D eigenvalue weighted by Gasteiger charge is 2.19. The molecule has 2 heteroatoms. The lowest BCUT2D eigenvalue weighted by Gasteiger charge is -2.09. The Hall–Kier alpha value is -0.340. The first-order chi connectivity index (χ1) is 5.83. The minimum absolute atomic E-state index is 0. The summed E-state index contributed by atoms with van der Waals surface area (Å²) in [5.41, 5.74) is 0. The van der Waals surface area contributed by atoms with Gasteiger partial charge < -0.3 is 10.4 Å². The molecule has 0 aliphatic heterocycles. The number of rotatable bonds is 3. The van der Waals surface area contributed by atoms with E-state index in [9.17, 15) is 0 Å². The van der Waals surface area contributed by atoms with E-state index >= 15 is 0 Å². The molecule has 0 aromatic heterocycles. The van der Waals surface area contributed by atoms with Gasteiger partial charge in [0.15, 0.2) is 0 Å². The van der Waals surface area contributed by atoms with Gasteiger partial charge in [-0.2, -0.15) is 0 Å². The molecule has 2 atom stereocenters. The first-order valence-electron chi connectivity index (χ1n) is 4.67. The number of hydrogen-bond acceptors (Lipinski definition) is 2. The molecule has 1 saturated carbocycles. The van der Waals surface area contributed by atoms with E-state index in [2.05, 4.69) is 25.4 Å². The second-order valence-electron chi connectivity index (χ2n) is 3.29. The zero-order valence-electron chi connectivity index (χ0n) is 8.05. The van der Waals surface area contributed by atoms with Crippen LogP contribution >= 0.6 is 0 Å². The Bertz CT molecular complexity index is 111. The average molecular weight is 173 g/mol. The number of nitrogens with one attached hydrogen (secondary N) is 1. The number of aliphatic hydroxyl groups is 1. The summed E-state index contributed by atoms with van der Waals surface area (Å²) < 4.78 is 0. The van der Waals surface area contributed by atoms with E-state index in [0.717, 1.165) is 12.5 Å². The van der Waals surface area contributed by atoms with Gasteiger partial charge in [0.1, 0.15) is 0 Å². The molecule has 2 unspecified atom stereocenters. The van der Waals surface area contributed by atoms with Crippen LogP contribution in [0.2, 0.25) is 0 Å². The SMILES string of the molecule is C=C.CC1CCC(NCCO)C1.[HH]. The molecule has 0 saturated heterocycles. The van der Waals surface area contributed by atoms with Gasteiger partial charge in [-0.05, 0) is 25.2 Å². The van der Waals surface area contributed by atoms with Gasteiger partial charge in [0.25, 0.3) is 0 Å². The van der Waals surface area contributed by atoms with Crippen molar-refractivity contribution in [1.82, 2.24) is 5.32 Å². The predicted octanol–water partition coefficient (Wildman–Crippen LogP) is 1.81. The van der Waals surface area contributed by atoms with Crippen LogP contribution in [0.25, 0.3) is 0 Å². The van der Waals surface area contributed by atoms with Crippen molar-refractivity contribution in [3.8, 4) is 0 Å². The van der Waals surface area contributed by atoms with E-state index in [-0.39, 0.29) is 8.03 Å². The van der Waals surface area contributed by atoms with Crippen LogP contribution in [-0.4, -0.2) is 24.3 Å². The molecule has 74 valence electrons. The van der Waals surface area contributed by atoms with Crippen molar-refractivity contribution < 1.29 is 6.53 Å². The quantitative estimate of drug-likeness (QED) is 0.638. The van der Waals surface area contributed by atoms with Crippen molar-refractivity contribution in [2.75, 3.05) is 13.2 Å². The van der Waals surface area contributed by atoms with Gasteiger partial charge in [0.05, 0.1) is 6.61 Å². The Morgan fingerprint density at radius 3 is 2.58 bits per heavy atom. The van der Waals surface area contributed by atoms with Crippen molar-refractivity contribution in [3.05, 3.63) is 13.2 Å². The average Bonchev–Trinajstić information content (AvgIpc) is 2.51. The molecule has 2 N–H and O–H groups in total. The molecule has 0 radical (unpaired) electrons. The molecule has 0 aromatic carbocycles. The summed E-state index contributed by atoms with van der Waals surface area (Å²) in [6, 6.07) is 0.683. The topological polar surface area (TPSA) is 32.3 Å². The maximum atomic E-state index is 8.53. The molecule has 1 aliphatic rings. The minimum Gasteiger partial charge on any atom is -0.395 e.